The van der Waals surface area contributed by atoms with Gasteiger partial charge in [-0.2, -0.15) is 5.26 Å². The molecule has 4 nitrogen and oxygen atoms in total. The number of likely N-dealkylation sites (tertiary alicyclic amines) is 1. The lowest BCUT2D eigenvalue weighted by atomic mass is 9.64. The van der Waals surface area contributed by atoms with Crippen molar-refractivity contribution in [3.05, 3.63) is 34.0 Å². The van der Waals surface area contributed by atoms with E-state index in [0.717, 1.165) is 19.4 Å². The molecule has 0 N–H and O–H groups in total. The van der Waals surface area contributed by atoms with Crippen LogP contribution in [0, 0.1) is 22.2 Å². The van der Waals surface area contributed by atoms with E-state index in [4.69, 9.17) is 0 Å². The topological polar surface area (TPSA) is 57.9 Å². The average Bonchev–Trinajstić information content (AvgIpc) is 2.95. The van der Waals surface area contributed by atoms with E-state index in [2.05, 4.69) is 38.4 Å². The molecular formula is C22H27N2O2S+. The third-order valence-corrected chi connectivity index (χ3v) is 8.73. The molecule has 0 bridgehead atoms. The van der Waals surface area contributed by atoms with Crippen LogP contribution in [0.3, 0.4) is 0 Å². The molecule has 4 atom stereocenters. The van der Waals surface area contributed by atoms with E-state index in [1.807, 2.05) is 26.0 Å². The van der Waals surface area contributed by atoms with Gasteiger partial charge in [0, 0.05) is 23.1 Å². The molecule has 0 spiro atoms. The minimum Gasteiger partial charge on any atom is -0.293 e. The minimum absolute atomic E-state index is 0.0208. The second-order valence-corrected chi connectivity index (χ2v) is 11.0. The second kappa shape index (κ2) is 5.18. The Morgan fingerprint density at radius 1 is 1.22 bits per heavy atom. The zero-order valence-electron chi connectivity index (χ0n) is 16.8. The van der Waals surface area contributed by atoms with Gasteiger partial charge >= 0.3 is 5.91 Å². The number of carbonyl (C=O) groups is 2. The summed E-state index contributed by atoms with van der Waals surface area (Å²) in [5.74, 6) is 0.264. The first kappa shape index (κ1) is 18.6. The number of rotatable bonds is 4. The van der Waals surface area contributed by atoms with E-state index in [0.29, 0.717) is 16.8 Å². The first-order valence-corrected chi connectivity index (χ1v) is 10.5. The van der Waals surface area contributed by atoms with Gasteiger partial charge in [0.05, 0.1) is 19.2 Å². The van der Waals surface area contributed by atoms with Crippen LogP contribution in [0.2, 0.25) is 0 Å². The van der Waals surface area contributed by atoms with Gasteiger partial charge in [0.1, 0.15) is 11.6 Å². The number of nitrogens with zero attached hydrogens (tertiary/aromatic N) is 2. The molecule has 27 heavy (non-hydrogen) atoms. The Balaban J connectivity index is 1.57. The summed E-state index contributed by atoms with van der Waals surface area (Å²) < 4.78 is 0.463. The lowest BCUT2D eigenvalue weighted by Gasteiger charge is -2.51. The predicted molar refractivity (Wildman–Crippen MR) is 105 cm³/mol. The molecule has 2 aliphatic carbocycles. The number of ketones is 1. The van der Waals surface area contributed by atoms with Crippen molar-refractivity contribution < 1.29 is 14.1 Å². The molecule has 2 fully saturated rings. The number of allylic oxidation sites excluding steroid dienone is 2. The second-order valence-electron chi connectivity index (χ2n) is 10.0. The van der Waals surface area contributed by atoms with Crippen LogP contribution in [0.5, 0.6) is 0 Å². The van der Waals surface area contributed by atoms with Crippen molar-refractivity contribution in [2.24, 2.45) is 10.8 Å². The third-order valence-electron chi connectivity index (χ3n) is 7.70. The van der Waals surface area contributed by atoms with Gasteiger partial charge < -0.3 is 0 Å². The van der Waals surface area contributed by atoms with E-state index in [1.165, 1.54) is 4.88 Å². The van der Waals surface area contributed by atoms with Crippen molar-refractivity contribution in [3.8, 4) is 6.07 Å². The van der Waals surface area contributed by atoms with E-state index in [1.54, 1.807) is 11.3 Å². The van der Waals surface area contributed by atoms with Gasteiger partial charge in [-0.05, 0) is 30.2 Å². The van der Waals surface area contributed by atoms with E-state index in [-0.39, 0.29) is 27.7 Å². The Morgan fingerprint density at radius 2 is 1.93 bits per heavy atom. The number of quaternary nitrogens is 1. The van der Waals surface area contributed by atoms with Crippen LogP contribution < -0.4 is 0 Å². The number of β-lactam (4-membered cyclic amide) rings is 1. The molecule has 3 aliphatic rings. The van der Waals surface area contributed by atoms with Crippen LogP contribution in [-0.2, 0) is 15.0 Å². The van der Waals surface area contributed by atoms with Gasteiger partial charge in [-0.15, -0.1) is 11.3 Å². The molecule has 1 amide bonds. The van der Waals surface area contributed by atoms with Gasteiger partial charge in [-0.3, -0.25) is 9.28 Å². The number of likely N-dealkylation sites (N-methyl/N-ethyl adjacent to an activating group) is 1. The smallest absolute Gasteiger partial charge is 0.293 e. The van der Waals surface area contributed by atoms with Gasteiger partial charge in [0.2, 0.25) is 0 Å². The number of thiophene rings is 1. The molecule has 4 rings (SSSR count). The zero-order valence-corrected chi connectivity index (χ0v) is 17.6. The Labute approximate surface area is 165 Å². The van der Waals surface area contributed by atoms with Crippen molar-refractivity contribution in [1.29, 1.82) is 5.26 Å². The number of nitriles is 1. The van der Waals surface area contributed by atoms with Crippen LogP contribution in [0.15, 0.2) is 29.2 Å². The summed E-state index contributed by atoms with van der Waals surface area (Å²) in [4.78, 5) is 26.9. The normalized spacial score (nSPS) is 42.0. The Kier molecular flexibility index (Phi) is 3.57. The molecule has 5 heteroatoms. The largest absolute Gasteiger partial charge is 0.332 e. The summed E-state index contributed by atoms with van der Waals surface area (Å²) in [6, 6.07) is 6.21. The lowest BCUT2D eigenvalue weighted by molar-refractivity contribution is -0.897. The molecule has 1 aromatic rings. The molecule has 0 radical (unpaired) electrons. The van der Waals surface area contributed by atoms with Crippen molar-refractivity contribution in [3.63, 3.8) is 0 Å². The molecular weight excluding hydrogens is 356 g/mol. The highest BCUT2D eigenvalue weighted by Gasteiger charge is 2.93. The van der Waals surface area contributed by atoms with Crippen molar-refractivity contribution >= 4 is 23.0 Å². The maximum Gasteiger partial charge on any atom is 0.332 e. The number of fused-ring (bicyclic) bond motifs is 1. The fourth-order valence-corrected chi connectivity index (χ4v) is 6.98. The summed E-state index contributed by atoms with van der Waals surface area (Å²) in [7, 11) is 2.07. The molecule has 1 aliphatic heterocycles. The number of Topliss-reactive ketones (excluding diaryl/α,β-unsaturated/α-hetero) is 1. The summed E-state index contributed by atoms with van der Waals surface area (Å²) in [5.41, 5.74) is -0.788. The van der Waals surface area contributed by atoms with Crippen LogP contribution >= 0.6 is 11.3 Å². The summed E-state index contributed by atoms with van der Waals surface area (Å²) in [6.07, 6.45) is 4.30. The molecule has 3 unspecified atom stereocenters. The standard InChI is InChI=1S/C22H27N2O2S/c1-19(2)13-20(3,11-15(12-23)17(19)25)8-9-24(5)18(26)22(14-21(22,24)4)16-7-6-10-27-16/h6-7,10-11H,8-9,13-14H2,1-5H3/q+1/t20-,21?,22?,24?/m1/s1. The van der Waals surface area contributed by atoms with E-state index >= 15 is 0 Å². The Bertz CT molecular complexity index is 925. The molecule has 1 aromatic heterocycles. The molecule has 142 valence electrons. The van der Waals surface area contributed by atoms with Crippen molar-refractivity contribution in [2.45, 2.75) is 57.9 Å². The summed E-state index contributed by atoms with van der Waals surface area (Å²) >= 11 is 1.69. The summed E-state index contributed by atoms with van der Waals surface area (Å²) in [6.45, 7) is 8.95. The molecule has 0 aromatic carbocycles. The maximum atomic E-state index is 13.3. The van der Waals surface area contributed by atoms with Crippen molar-refractivity contribution in [2.75, 3.05) is 13.6 Å². The highest BCUT2D eigenvalue weighted by molar-refractivity contribution is 7.10. The fourth-order valence-electron chi connectivity index (χ4n) is 5.94. The number of hydrogen-bond donors (Lipinski definition) is 0. The van der Waals surface area contributed by atoms with Crippen molar-refractivity contribution in [1.82, 2.24) is 0 Å². The molecule has 1 saturated carbocycles. The highest BCUT2D eigenvalue weighted by Crippen LogP contribution is 2.73. The van der Waals surface area contributed by atoms with Crippen LogP contribution in [0.25, 0.3) is 0 Å². The van der Waals surface area contributed by atoms with Gasteiger partial charge in [-0.25, -0.2) is 4.79 Å². The Morgan fingerprint density at radius 3 is 2.48 bits per heavy atom. The number of amides is 1. The average molecular weight is 384 g/mol. The number of carbonyl (C=O) groups excluding carboxylic acids is 2. The fraction of sp³-hybridized carbons (Fsp3) is 0.591. The maximum absolute atomic E-state index is 13.3. The lowest BCUT2D eigenvalue weighted by Crippen LogP contribution is -2.73. The van der Waals surface area contributed by atoms with Gasteiger partial charge in [0.25, 0.3) is 0 Å². The summed E-state index contributed by atoms with van der Waals surface area (Å²) in [5, 5.41) is 11.4. The highest BCUT2D eigenvalue weighted by atomic mass is 32.1. The molecule has 2 heterocycles. The SMILES string of the molecule is CC1(C)C[C@](C)(CC[N+]2(C)C(=O)C3(c4cccs4)CC32C)C=C(C#N)C1=O. The van der Waals surface area contributed by atoms with Crippen LogP contribution in [-0.4, -0.2) is 35.3 Å². The first-order valence-electron chi connectivity index (χ1n) is 9.58. The number of hydrogen-bond acceptors (Lipinski definition) is 4. The first-order chi connectivity index (χ1) is 12.5. The third kappa shape index (κ3) is 2.12. The zero-order chi connectivity index (χ0) is 19.9. The van der Waals surface area contributed by atoms with Crippen LogP contribution in [0.1, 0.15) is 51.8 Å². The quantitative estimate of drug-likeness (QED) is 0.584. The van der Waals surface area contributed by atoms with Gasteiger partial charge in [-0.1, -0.05) is 32.9 Å². The van der Waals surface area contributed by atoms with Crippen LogP contribution in [0.4, 0.5) is 0 Å². The van der Waals surface area contributed by atoms with E-state index in [9.17, 15) is 14.9 Å². The van der Waals surface area contributed by atoms with E-state index < -0.39 is 5.41 Å². The minimum atomic E-state index is -0.531. The predicted octanol–water partition coefficient (Wildman–Crippen LogP) is 3.98. The Hall–Kier alpha value is -1.77. The molecule has 1 saturated heterocycles. The monoisotopic (exact) mass is 383 g/mol. The van der Waals surface area contributed by atoms with Gasteiger partial charge in [0.15, 0.2) is 11.2 Å².